The van der Waals surface area contributed by atoms with Crippen molar-refractivity contribution in [2.24, 2.45) is 0 Å². The van der Waals surface area contributed by atoms with Gasteiger partial charge in [0.1, 0.15) is 4.90 Å². The summed E-state index contributed by atoms with van der Waals surface area (Å²) < 4.78 is 33.8. The molecule has 0 fully saturated rings. The average molecular weight is 318 g/mol. The Balaban J connectivity index is 2.66. The summed E-state index contributed by atoms with van der Waals surface area (Å²) in [4.78, 5) is 0.169. The third kappa shape index (κ3) is 6.13. The van der Waals surface area contributed by atoms with Gasteiger partial charge in [-0.1, -0.05) is 6.92 Å². The third-order valence-corrected chi connectivity index (χ3v) is 4.43. The van der Waals surface area contributed by atoms with E-state index in [0.717, 1.165) is 19.5 Å². The third-order valence-electron chi connectivity index (χ3n) is 2.78. The summed E-state index contributed by atoms with van der Waals surface area (Å²) in [6.45, 7) is 8.27. The van der Waals surface area contributed by atoms with Crippen LogP contribution in [0.1, 0.15) is 27.2 Å². The standard InChI is InChI=1S/C13H26N4O3S/c1-5-6-14-7-8-17-10-12(9-15-17)21(18,19)16-13(2,3)11-20-4/h9-10,14,16H,5-8,11H2,1-4H3. The van der Waals surface area contributed by atoms with Crippen LogP contribution in [0.25, 0.3) is 0 Å². The van der Waals surface area contributed by atoms with Gasteiger partial charge in [-0.2, -0.15) is 5.10 Å². The molecule has 0 aliphatic heterocycles. The molecule has 1 aromatic rings. The first kappa shape index (κ1) is 18.1. The molecule has 2 N–H and O–H groups in total. The molecule has 0 radical (unpaired) electrons. The predicted molar refractivity (Wildman–Crippen MR) is 81.7 cm³/mol. The van der Waals surface area contributed by atoms with Crippen LogP contribution in [-0.2, 0) is 21.3 Å². The van der Waals surface area contributed by atoms with Gasteiger partial charge >= 0.3 is 0 Å². The molecule has 7 nitrogen and oxygen atoms in total. The molecule has 1 heterocycles. The van der Waals surface area contributed by atoms with Crippen LogP contribution in [0, 0.1) is 0 Å². The second-order valence-corrected chi connectivity index (χ2v) is 7.29. The number of rotatable bonds is 10. The van der Waals surface area contributed by atoms with E-state index in [1.165, 1.54) is 13.3 Å². The van der Waals surface area contributed by atoms with E-state index in [4.69, 9.17) is 4.74 Å². The van der Waals surface area contributed by atoms with E-state index >= 15 is 0 Å². The van der Waals surface area contributed by atoms with Crippen molar-refractivity contribution in [2.45, 2.75) is 44.2 Å². The maximum atomic E-state index is 12.3. The van der Waals surface area contributed by atoms with Crippen molar-refractivity contribution in [2.75, 3.05) is 26.8 Å². The van der Waals surface area contributed by atoms with Crippen molar-refractivity contribution in [3.63, 3.8) is 0 Å². The first-order valence-electron chi connectivity index (χ1n) is 7.07. The molecule has 1 aromatic heterocycles. The molecule has 0 aromatic carbocycles. The van der Waals surface area contributed by atoms with Crippen LogP contribution >= 0.6 is 0 Å². The SMILES string of the molecule is CCCNCCn1cc(S(=O)(=O)NC(C)(C)COC)cn1. The second kappa shape index (κ2) is 7.88. The monoisotopic (exact) mass is 318 g/mol. The minimum atomic E-state index is -3.59. The molecule has 21 heavy (non-hydrogen) atoms. The normalized spacial score (nSPS) is 12.8. The Morgan fingerprint density at radius 1 is 1.38 bits per heavy atom. The summed E-state index contributed by atoms with van der Waals surface area (Å²) in [5, 5.41) is 7.33. The van der Waals surface area contributed by atoms with Crippen molar-refractivity contribution >= 4 is 10.0 Å². The van der Waals surface area contributed by atoms with E-state index in [9.17, 15) is 8.42 Å². The molecule has 0 bridgehead atoms. The zero-order valence-corrected chi connectivity index (χ0v) is 14.0. The van der Waals surface area contributed by atoms with Gasteiger partial charge in [0.15, 0.2) is 0 Å². The van der Waals surface area contributed by atoms with Crippen molar-refractivity contribution in [3.8, 4) is 0 Å². The molecule has 0 atom stereocenters. The van der Waals surface area contributed by atoms with E-state index in [-0.39, 0.29) is 4.90 Å². The lowest BCUT2D eigenvalue weighted by molar-refractivity contribution is 0.141. The Morgan fingerprint density at radius 3 is 2.71 bits per heavy atom. The highest BCUT2D eigenvalue weighted by Crippen LogP contribution is 2.12. The Labute approximate surface area is 127 Å². The van der Waals surface area contributed by atoms with E-state index in [1.54, 1.807) is 24.7 Å². The number of hydrogen-bond donors (Lipinski definition) is 2. The smallest absolute Gasteiger partial charge is 0.244 e. The molecule has 0 unspecified atom stereocenters. The number of nitrogens with zero attached hydrogens (tertiary/aromatic N) is 2. The fraction of sp³-hybridized carbons (Fsp3) is 0.769. The van der Waals surface area contributed by atoms with Gasteiger partial charge in [-0.15, -0.1) is 0 Å². The molecule has 0 saturated heterocycles. The van der Waals surface area contributed by atoms with Crippen molar-refractivity contribution in [1.29, 1.82) is 0 Å². The molecular weight excluding hydrogens is 292 g/mol. The predicted octanol–water partition coefficient (Wildman–Crippen LogP) is 0.586. The highest BCUT2D eigenvalue weighted by Gasteiger charge is 2.27. The van der Waals surface area contributed by atoms with Gasteiger partial charge in [0.2, 0.25) is 10.0 Å². The van der Waals surface area contributed by atoms with Gasteiger partial charge in [0.05, 0.1) is 24.9 Å². The van der Waals surface area contributed by atoms with Crippen molar-refractivity contribution in [1.82, 2.24) is 19.8 Å². The number of sulfonamides is 1. The second-order valence-electron chi connectivity index (χ2n) is 5.61. The molecule has 0 spiro atoms. The number of aromatic nitrogens is 2. The van der Waals surface area contributed by atoms with Crippen LogP contribution in [-0.4, -0.2) is 50.5 Å². The Hall–Kier alpha value is -0.960. The number of hydrogen-bond acceptors (Lipinski definition) is 5. The van der Waals surface area contributed by atoms with Gasteiger partial charge in [-0.25, -0.2) is 13.1 Å². The van der Waals surface area contributed by atoms with Crippen LogP contribution in [0.5, 0.6) is 0 Å². The Morgan fingerprint density at radius 2 is 2.10 bits per heavy atom. The van der Waals surface area contributed by atoms with Crippen LogP contribution in [0.15, 0.2) is 17.3 Å². The largest absolute Gasteiger partial charge is 0.383 e. The summed E-state index contributed by atoms with van der Waals surface area (Å²) in [7, 11) is -2.05. The lowest BCUT2D eigenvalue weighted by Crippen LogP contribution is -2.46. The average Bonchev–Trinajstić information content (AvgIpc) is 2.82. The summed E-state index contributed by atoms with van der Waals surface area (Å²) in [6, 6.07) is 0. The zero-order valence-electron chi connectivity index (χ0n) is 13.2. The maximum absolute atomic E-state index is 12.3. The first-order chi connectivity index (χ1) is 9.80. The topological polar surface area (TPSA) is 85.2 Å². The Bertz CT molecular complexity index is 525. The molecule has 122 valence electrons. The Kier molecular flexibility index (Phi) is 6.79. The highest BCUT2D eigenvalue weighted by molar-refractivity contribution is 7.89. The van der Waals surface area contributed by atoms with E-state index in [0.29, 0.717) is 13.2 Å². The molecular formula is C13H26N4O3S. The van der Waals surface area contributed by atoms with Crippen LogP contribution < -0.4 is 10.0 Å². The van der Waals surface area contributed by atoms with Gasteiger partial charge < -0.3 is 10.1 Å². The van der Waals surface area contributed by atoms with E-state index in [1.807, 2.05) is 0 Å². The molecule has 0 saturated carbocycles. The lowest BCUT2D eigenvalue weighted by Gasteiger charge is -2.24. The van der Waals surface area contributed by atoms with Crippen molar-refractivity contribution in [3.05, 3.63) is 12.4 Å². The zero-order chi connectivity index (χ0) is 15.9. The first-order valence-corrected chi connectivity index (χ1v) is 8.55. The summed E-state index contributed by atoms with van der Waals surface area (Å²) >= 11 is 0. The van der Waals surface area contributed by atoms with Crippen LogP contribution in [0.2, 0.25) is 0 Å². The summed E-state index contributed by atoms with van der Waals surface area (Å²) in [5.41, 5.74) is -0.668. The number of methoxy groups -OCH3 is 1. The summed E-state index contributed by atoms with van der Waals surface area (Å²) in [5.74, 6) is 0. The van der Waals surface area contributed by atoms with Gasteiger partial charge in [-0.3, -0.25) is 4.68 Å². The number of nitrogens with one attached hydrogen (secondary N) is 2. The minimum absolute atomic E-state index is 0.169. The maximum Gasteiger partial charge on any atom is 0.244 e. The van der Waals surface area contributed by atoms with Crippen molar-refractivity contribution < 1.29 is 13.2 Å². The molecule has 0 aliphatic carbocycles. The highest BCUT2D eigenvalue weighted by atomic mass is 32.2. The molecule has 0 amide bonds. The van der Waals surface area contributed by atoms with Gasteiger partial charge in [0, 0.05) is 19.9 Å². The number of ether oxygens (including phenoxy) is 1. The van der Waals surface area contributed by atoms with Gasteiger partial charge in [0.25, 0.3) is 0 Å². The lowest BCUT2D eigenvalue weighted by atomic mass is 10.1. The fourth-order valence-electron chi connectivity index (χ4n) is 1.91. The van der Waals surface area contributed by atoms with E-state index in [2.05, 4.69) is 22.1 Å². The summed E-state index contributed by atoms with van der Waals surface area (Å²) in [6.07, 6.45) is 3.97. The molecule has 0 aliphatic rings. The minimum Gasteiger partial charge on any atom is -0.383 e. The molecule has 8 heteroatoms. The van der Waals surface area contributed by atoms with Crippen LogP contribution in [0.3, 0.4) is 0 Å². The van der Waals surface area contributed by atoms with E-state index < -0.39 is 15.6 Å². The van der Waals surface area contributed by atoms with Gasteiger partial charge in [-0.05, 0) is 26.8 Å². The van der Waals surface area contributed by atoms with Crippen LogP contribution in [0.4, 0.5) is 0 Å². The quantitative estimate of drug-likeness (QED) is 0.617. The molecule has 1 rings (SSSR count). The fourth-order valence-corrected chi connectivity index (χ4v) is 3.26.